The van der Waals surface area contributed by atoms with Crippen molar-refractivity contribution >= 4 is 17.8 Å². The van der Waals surface area contributed by atoms with Gasteiger partial charge in [-0.25, -0.2) is 4.99 Å². The summed E-state index contributed by atoms with van der Waals surface area (Å²) < 4.78 is 17.8. The van der Waals surface area contributed by atoms with Crippen LogP contribution in [0.2, 0.25) is 0 Å². The van der Waals surface area contributed by atoms with E-state index in [0.29, 0.717) is 19.4 Å². The maximum absolute atomic E-state index is 12.9. The van der Waals surface area contributed by atoms with E-state index in [1.165, 1.54) is 270 Å². The highest BCUT2D eigenvalue weighted by Crippen LogP contribution is 2.25. The van der Waals surface area contributed by atoms with Gasteiger partial charge < -0.3 is 14.2 Å². The van der Waals surface area contributed by atoms with Crippen molar-refractivity contribution in [3.63, 3.8) is 0 Å². The quantitative estimate of drug-likeness (QED) is 0.0449. The molecule has 1 rings (SSSR count). The molecule has 0 saturated heterocycles. The lowest BCUT2D eigenvalue weighted by atomic mass is 10.0. The van der Waals surface area contributed by atoms with Gasteiger partial charge in [-0.15, -0.1) is 0 Å². The number of rotatable bonds is 54. The summed E-state index contributed by atoms with van der Waals surface area (Å²) in [6, 6.07) is 0. The van der Waals surface area contributed by atoms with Crippen LogP contribution in [0.15, 0.2) is 4.99 Å². The van der Waals surface area contributed by atoms with Gasteiger partial charge in [0, 0.05) is 19.3 Å². The van der Waals surface area contributed by atoms with Gasteiger partial charge >= 0.3 is 11.9 Å². The van der Waals surface area contributed by atoms with Crippen LogP contribution in [0, 0.1) is 0 Å². The monoisotopic (exact) mass is 930 g/mol. The summed E-state index contributed by atoms with van der Waals surface area (Å²) in [7, 11) is 0. The first kappa shape index (κ1) is 62.4. The second-order valence-electron chi connectivity index (χ2n) is 21.1. The Hall–Kier alpha value is -1.59. The number of aliphatic imine (C=N–C) groups is 1. The summed E-state index contributed by atoms with van der Waals surface area (Å²) in [5, 5.41) is 0. The first-order valence-electron chi connectivity index (χ1n) is 30.1. The maximum atomic E-state index is 12.9. The van der Waals surface area contributed by atoms with E-state index in [4.69, 9.17) is 19.2 Å². The molecule has 0 aromatic rings. The van der Waals surface area contributed by atoms with Crippen molar-refractivity contribution in [1.29, 1.82) is 0 Å². The summed E-state index contributed by atoms with van der Waals surface area (Å²) in [6.07, 6.45) is 63.8. The Morgan fingerprint density at radius 3 is 0.848 bits per heavy atom. The van der Waals surface area contributed by atoms with Crippen molar-refractivity contribution in [1.82, 2.24) is 0 Å². The average molecular weight is 931 g/mol. The maximum Gasteiger partial charge on any atom is 0.305 e. The zero-order valence-electron chi connectivity index (χ0n) is 45.0. The molecule has 1 heterocycles. The van der Waals surface area contributed by atoms with Crippen LogP contribution in [0.5, 0.6) is 0 Å². The number of carbonyl (C=O) groups is 2. The van der Waals surface area contributed by atoms with Crippen molar-refractivity contribution in [2.45, 2.75) is 347 Å². The van der Waals surface area contributed by atoms with Crippen molar-refractivity contribution in [2.24, 2.45) is 4.99 Å². The highest BCUT2D eigenvalue weighted by atomic mass is 16.6. The van der Waals surface area contributed by atoms with Crippen LogP contribution in [0.25, 0.3) is 0 Å². The van der Waals surface area contributed by atoms with Crippen LogP contribution in [-0.4, -0.2) is 43.2 Å². The van der Waals surface area contributed by atoms with Crippen LogP contribution in [0.1, 0.15) is 342 Å². The first-order valence-corrected chi connectivity index (χ1v) is 30.1. The molecular formula is C60H115NO5. The van der Waals surface area contributed by atoms with Gasteiger partial charge in [-0.05, 0) is 19.3 Å². The third-order valence-corrected chi connectivity index (χ3v) is 14.3. The normalized spacial score (nSPS) is 13.3. The first-order chi connectivity index (χ1) is 32.5. The van der Waals surface area contributed by atoms with E-state index in [2.05, 4.69) is 20.8 Å². The fraction of sp³-hybridized carbons (Fsp3) is 0.950. The van der Waals surface area contributed by atoms with Gasteiger partial charge in [0.25, 0.3) is 0 Å². The molecule has 0 bridgehead atoms. The highest BCUT2D eigenvalue weighted by molar-refractivity contribution is 5.78. The van der Waals surface area contributed by atoms with Gasteiger partial charge in [0.15, 0.2) is 11.4 Å². The highest BCUT2D eigenvalue weighted by Gasteiger charge is 2.40. The van der Waals surface area contributed by atoms with Crippen molar-refractivity contribution in [3.05, 3.63) is 0 Å². The molecule has 0 spiro atoms. The Morgan fingerprint density at radius 2 is 0.591 bits per heavy atom. The van der Waals surface area contributed by atoms with Gasteiger partial charge in [0.2, 0.25) is 0 Å². The Balaban J connectivity index is 2.32. The lowest BCUT2D eigenvalue weighted by Crippen LogP contribution is -2.41. The lowest BCUT2D eigenvalue weighted by Gasteiger charge is -2.23. The molecule has 0 unspecified atom stereocenters. The Bertz CT molecular complexity index is 1010. The zero-order chi connectivity index (χ0) is 47.5. The topological polar surface area (TPSA) is 74.2 Å². The van der Waals surface area contributed by atoms with E-state index in [0.717, 1.165) is 44.4 Å². The van der Waals surface area contributed by atoms with E-state index in [9.17, 15) is 9.59 Å². The van der Waals surface area contributed by atoms with E-state index in [-0.39, 0.29) is 25.2 Å². The Labute approximate surface area is 412 Å². The van der Waals surface area contributed by atoms with Crippen LogP contribution >= 0.6 is 0 Å². The smallest absolute Gasteiger partial charge is 0.305 e. The van der Waals surface area contributed by atoms with Gasteiger partial charge in [-0.1, -0.05) is 303 Å². The van der Waals surface area contributed by atoms with Crippen LogP contribution in [-0.2, 0) is 23.8 Å². The fourth-order valence-electron chi connectivity index (χ4n) is 9.72. The van der Waals surface area contributed by atoms with Crippen molar-refractivity contribution in [3.8, 4) is 0 Å². The molecule has 0 atom stereocenters. The van der Waals surface area contributed by atoms with E-state index < -0.39 is 5.54 Å². The summed E-state index contributed by atoms with van der Waals surface area (Å²) in [5.41, 5.74) is -0.834. The number of hydrogen-bond donors (Lipinski definition) is 0. The second kappa shape index (κ2) is 49.8. The van der Waals surface area contributed by atoms with Crippen LogP contribution < -0.4 is 0 Å². The predicted molar refractivity (Wildman–Crippen MR) is 286 cm³/mol. The zero-order valence-corrected chi connectivity index (χ0v) is 45.0. The summed E-state index contributed by atoms with van der Waals surface area (Å²) in [5.74, 6) is 0.378. The van der Waals surface area contributed by atoms with Crippen molar-refractivity contribution in [2.75, 3.05) is 19.8 Å². The van der Waals surface area contributed by atoms with Crippen LogP contribution in [0.4, 0.5) is 0 Å². The molecule has 0 saturated carbocycles. The summed E-state index contributed by atoms with van der Waals surface area (Å²) >= 11 is 0. The lowest BCUT2D eigenvalue weighted by molar-refractivity contribution is -0.150. The molecule has 66 heavy (non-hydrogen) atoms. The molecule has 0 aromatic carbocycles. The SMILES string of the molecule is CCCCCCCCCCCCCCCCCCC(=O)OCC1(COC(=O)CCCCCCCCCCCCCCCCCC)COC(CCCCCCCCCCCCCCCCC)=N1. The van der Waals surface area contributed by atoms with E-state index in [1.54, 1.807) is 0 Å². The molecule has 0 fully saturated rings. The number of hydrogen-bond acceptors (Lipinski definition) is 6. The minimum atomic E-state index is -0.834. The third kappa shape index (κ3) is 42.5. The minimum Gasteiger partial charge on any atom is -0.478 e. The summed E-state index contributed by atoms with van der Waals surface area (Å²) in [6.45, 7) is 7.39. The van der Waals surface area contributed by atoms with Crippen LogP contribution in [0.3, 0.4) is 0 Å². The van der Waals surface area contributed by atoms with Gasteiger partial charge in [0.1, 0.15) is 19.8 Å². The number of unbranched alkanes of at least 4 members (excludes halogenated alkanes) is 44. The van der Waals surface area contributed by atoms with E-state index in [1.807, 2.05) is 0 Å². The molecule has 1 aliphatic heterocycles. The number of nitrogens with zero attached hydrogens (tertiary/aromatic N) is 1. The molecule has 0 N–H and O–H groups in total. The Kier molecular flexibility index (Phi) is 47.1. The number of carbonyl (C=O) groups excluding carboxylic acids is 2. The second-order valence-corrected chi connectivity index (χ2v) is 21.1. The Morgan fingerprint density at radius 1 is 0.364 bits per heavy atom. The number of ether oxygens (including phenoxy) is 3. The molecule has 0 aliphatic carbocycles. The molecular weight excluding hydrogens is 815 g/mol. The minimum absolute atomic E-state index is 0.110. The molecule has 0 aromatic heterocycles. The van der Waals surface area contributed by atoms with Gasteiger partial charge in [-0.2, -0.15) is 0 Å². The molecule has 6 nitrogen and oxygen atoms in total. The molecule has 0 amide bonds. The van der Waals surface area contributed by atoms with Gasteiger partial charge in [0.05, 0.1) is 0 Å². The molecule has 6 heteroatoms. The largest absolute Gasteiger partial charge is 0.478 e. The fourth-order valence-corrected chi connectivity index (χ4v) is 9.72. The standard InChI is InChI=1S/C60H115NO5/c1-4-7-10-13-16-19-22-25-28-31-34-37-40-43-46-49-52-58(62)65-55-60(54-64-57(61-60)51-48-45-42-39-36-33-30-27-24-21-18-15-12-9-6-3)56-66-59(63)53-50-47-44-41-38-35-32-29-26-23-20-17-14-11-8-5-2/h4-56H2,1-3H3. The van der Waals surface area contributed by atoms with E-state index >= 15 is 0 Å². The van der Waals surface area contributed by atoms with Gasteiger partial charge in [-0.3, -0.25) is 9.59 Å². The summed E-state index contributed by atoms with van der Waals surface area (Å²) in [4.78, 5) is 30.8. The average Bonchev–Trinajstić information content (AvgIpc) is 3.74. The molecule has 390 valence electrons. The predicted octanol–water partition coefficient (Wildman–Crippen LogP) is 19.8. The third-order valence-electron chi connectivity index (χ3n) is 14.3. The van der Waals surface area contributed by atoms with Crippen molar-refractivity contribution < 1.29 is 23.8 Å². The molecule has 1 aliphatic rings. The number of esters is 2. The molecule has 0 radical (unpaired) electrons.